The number of methoxy groups -OCH3 is 2. The summed E-state index contributed by atoms with van der Waals surface area (Å²) in [7, 11) is 2.41. The fourth-order valence-electron chi connectivity index (χ4n) is 1.59. The van der Waals surface area contributed by atoms with Gasteiger partial charge in [-0.05, 0) is 64.2 Å². The highest BCUT2D eigenvalue weighted by atomic mass is 127. The van der Waals surface area contributed by atoms with Crippen molar-refractivity contribution in [3.8, 4) is 0 Å². The van der Waals surface area contributed by atoms with E-state index < -0.39 is 17.9 Å². The first kappa shape index (κ1) is 20.7. The fraction of sp³-hybridized carbons (Fsp3) is 0.267. The van der Waals surface area contributed by atoms with Gasteiger partial charge in [-0.3, -0.25) is 0 Å². The summed E-state index contributed by atoms with van der Waals surface area (Å²) in [6.45, 7) is 2.00. The summed E-state index contributed by atoms with van der Waals surface area (Å²) in [5, 5.41) is 2.85. The summed E-state index contributed by atoms with van der Waals surface area (Å²) in [5.41, 5.74) is 0.877. The van der Waals surface area contributed by atoms with E-state index in [0.29, 0.717) is 18.4 Å². The van der Waals surface area contributed by atoms with Crippen molar-refractivity contribution in [2.75, 3.05) is 26.1 Å². The van der Waals surface area contributed by atoms with Gasteiger partial charge in [0.1, 0.15) is 5.70 Å². The molecule has 0 heterocycles. The summed E-state index contributed by atoms with van der Waals surface area (Å²) in [6.07, 6.45) is 0.997. The Bertz CT molecular complexity index is 664. The van der Waals surface area contributed by atoms with Gasteiger partial charge in [-0.2, -0.15) is 0 Å². The lowest BCUT2D eigenvalue weighted by Gasteiger charge is -2.14. The van der Waals surface area contributed by atoms with Crippen molar-refractivity contribution in [1.82, 2.24) is 0 Å². The minimum Gasteiger partial charge on any atom is -0.466 e. The molecule has 0 unspecified atom stereocenters. The Morgan fingerprint density at radius 2 is 1.71 bits per heavy atom. The Kier molecular flexibility index (Phi) is 8.45. The van der Waals surface area contributed by atoms with E-state index in [2.05, 4.69) is 14.8 Å². The van der Waals surface area contributed by atoms with E-state index in [0.717, 1.165) is 6.08 Å². The lowest BCUT2D eigenvalue weighted by atomic mass is 10.2. The third kappa shape index (κ3) is 5.61. The number of benzene rings is 1. The maximum absolute atomic E-state index is 11.8. The predicted molar refractivity (Wildman–Crippen MR) is 104 cm³/mol. The van der Waals surface area contributed by atoms with Crippen LogP contribution in [0.25, 0.3) is 0 Å². The topological polar surface area (TPSA) is 90.9 Å². The van der Waals surface area contributed by atoms with Crippen LogP contribution < -0.4 is 5.32 Å². The Morgan fingerprint density at radius 3 is 2.17 bits per heavy atom. The molecule has 1 rings (SSSR count). The summed E-state index contributed by atoms with van der Waals surface area (Å²) < 4.78 is 15.5. The molecule has 1 aromatic rings. The van der Waals surface area contributed by atoms with Crippen LogP contribution in [0.3, 0.4) is 0 Å². The molecule has 0 saturated heterocycles. The first-order chi connectivity index (χ1) is 11.3. The van der Waals surface area contributed by atoms with Crippen molar-refractivity contribution in [1.29, 1.82) is 0 Å². The van der Waals surface area contributed by atoms with E-state index in [1.807, 2.05) is 45.2 Å². The zero-order valence-electron chi connectivity index (χ0n) is 13.1. The van der Waals surface area contributed by atoms with Crippen molar-refractivity contribution in [3.05, 3.63) is 36.6 Å². The zero-order chi connectivity index (χ0) is 18.3. The number of ether oxygens (including phenoxy) is 3. The van der Waals surface area contributed by atoms with Gasteiger partial charge in [0, 0.05) is 7.14 Å². The number of halogens is 2. The molecule has 7 nitrogen and oxygen atoms in total. The van der Waals surface area contributed by atoms with Crippen LogP contribution in [-0.4, -0.2) is 38.7 Å². The molecule has 0 aliphatic heterocycles. The van der Waals surface area contributed by atoms with Crippen molar-refractivity contribution in [3.63, 3.8) is 0 Å². The lowest BCUT2D eigenvalue weighted by molar-refractivity contribution is -0.138. The average molecular weight is 559 g/mol. The Balaban J connectivity index is 3.21. The van der Waals surface area contributed by atoms with Gasteiger partial charge in [0.2, 0.25) is 0 Å². The molecule has 0 radical (unpaired) electrons. The molecular formula is C15H15I2NO6. The van der Waals surface area contributed by atoms with Gasteiger partial charge in [-0.25, -0.2) is 14.4 Å². The number of esters is 3. The number of rotatable bonds is 6. The third-order valence-electron chi connectivity index (χ3n) is 2.68. The minimum atomic E-state index is -0.721. The number of hydrogen-bond acceptors (Lipinski definition) is 7. The Morgan fingerprint density at radius 1 is 1.12 bits per heavy atom. The molecular weight excluding hydrogens is 544 g/mol. The van der Waals surface area contributed by atoms with Gasteiger partial charge >= 0.3 is 17.9 Å². The SMILES string of the molecule is CCOC(=O)c1cc(I)c(N/C(=C/C(=O)OC)C(=O)OC)c(I)c1. The summed E-state index contributed by atoms with van der Waals surface area (Å²) in [4.78, 5) is 35.0. The highest BCUT2D eigenvalue weighted by Crippen LogP contribution is 2.28. The maximum atomic E-state index is 11.8. The van der Waals surface area contributed by atoms with Crippen molar-refractivity contribution < 1.29 is 28.6 Å². The van der Waals surface area contributed by atoms with Gasteiger partial charge in [-0.1, -0.05) is 0 Å². The number of carbonyl (C=O) groups is 3. The van der Waals surface area contributed by atoms with Crippen molar-refractivity contribution in [2.24, 2.45) is 0 Å². The normalized spacial score (nSPS) is 10.8. The molecule has 0 atom stereocenters. The molecule has 1 N–H and O–H groups in total. The van der Waals surface area contributed by atoms with E-state index in [1.54, 1.807) is 19.1 Å². The van der Waals surface area contributed by atoms with Gasteiger partial charge in [0.15, 0.2) is 0 Å². The van der Waals surface area contributed by atoms with Crippen LogP contribution in [0.4, 0.5) is 5.69 Å². The quantitative estimate of drug-likeness (QED) is 0.248. The van der Waals surface area contributed by atoms with Crippen LogP contribution in [0.1, 0.15) is 17.3 Å². The van der Waals surface area contributed by atoms with Crippen LogP contribution in [0.5, 0.6) is 0 Å². The molecule has 0 spiro atoms. The Hall–Kier alpha value is -1.37. The number of carbonyl (C=O) groups excluding carboxylic acids is 3. The van der Waals surface area contributed by atoms with E-state index in [9.17, 15) is 14.4 Å². The second kappa shape index (κ2) is 9.81. The average Bonchev–Trinajstić information content (AvgIpc) is 2.55. The molecule has 0 bridgehead atoms. The van der Waals surface area contributed by atoms with E-state index in [-0.39, 0.29) is 12.3 Å². The van der Waals surface area contributed by atoms with E-state index in [4.69, 9.17) is 4.74 Å². The molecule has 1 aromatic carbocycles. The van der Waals surface area contributed by atoms with Gasteiger partial charge in [0.25, 0.3) is 0 Å². The molecule has 0 aliphatic rings. The molecule has 130 valence electrons. The summed E-state index contributed by atoms with van der Waals surface area (Å²) >= 11 is 4.03. The van der Waals surface area contributed by atoms with E-state index >= 15 is 0 Å². The number of hydrogen-bond donors (Lipinski definition) is 1. The monoisotopic (exact) mass is 559 g/mol. The molecule has 0 aromatic heterocycles. The van der Waals surface area contributed by atoms with Crippen LogP contribution in [0, 0.1) is 7.14 Å². The van der Waals surface area contributed by atoms with Gasteiger partial charge < -0.3 is 19.5 Å². The fourth-order valence-corrected chi connectivity index (χ4v) is 3.63. The number of nitrogens with one attached hydrogen (secondary N) is 1. The molecule has 0 aliphatic carbocycles. The van der Waals surface area contributed by atoms with E-state index in [1.165, 1.54) is 14.2 Å². The summed E-state index contributed by atoms with van der Waals surface area (Å²) in [5.74, 6) is -1.85. The molecule has 0 saturated carbocycles. The van der Waals surface area contributed by atoms with Gasteiger partial charge in [0.05, 0.1) is 38.2 Å². The second-order valence-corrected chi connectivity index (χ2v) is 6.56. The van der Waals surface area contributed by atoms with Crippen LogP contribution >= 0.6 is 45.2 Å². The highest BCUT2D eigenvalue weighted by Gasteiger charge is 2.18. The molecule has 0 amide bonds. The predicted octanol–water partition coefficient (Wildman–Crippen LogP) is 2.71. The van der Waals surface area contributed by atoms with Gasteiger partial charge in [-0.15, -0.1) is 0 Å². The zero-order valence-corrected chi connectivity index (χ0v) is 17.5. The first-order valence-electron chi connectivity index (χ1n) is 6.65. The molecule has 0 fully saturated rings. The third-order valence-corrected chi connectivity index (χ3v) is 4.38. The minimum absolute atomic E-state index is 0.0796. The van der Waals surface area contributed by atoms with Crippen LogP contribution in [0.2, 0.25) is 0 Å². The standard InChI is InChI=1S/C15H15I2NO6/c1-4-24-14(20)8-5-9(16)13(10(17)6-8)18-11(15(21)23-3)7-12(19)22-2/h5-7,18H,4H2,1-3H3/b11-7+. The largest absolute Gasteiger partial charge is 0.466 e. The number of anilines is 1. The van der Waals surface area contributed by atoms with Crippen molar-refractivity contribution in [2.45, 2.75) is 6.92 Å². The van der Waals surface area contributed by atoms with Crippen molar-refractivity contribution >= 4 is 68.8 Å². The maximum Gasteiger partial charge on any atom is 0.354 e. The van der Waals surface area contributed by atoms with Crippen LogP contribution in [0.15, 0.2) is 23.9 Å². The smallest absolute Gasteiger partial charge is 0.354 e. The Labute approximate surface area is 166 Å². The molecule has 9 heteroatoms. The molecule has 24 heavy (non-hydrogen) atoms. The highest BCUT2D eigenvalue weighted by molar-refractivity contribution is 14.1. The second-order valence-electron chi connectivity index (χ2n) is 4.23. The summed E-state index contributed by atoms with van der Waals surface area (Å²) in [6, 6.07) is 3.24. The first-order valence-corrected chi connectivity index (χ1v) is 8.80. The van der Waals surface area contributed by atoms with Crippen LogP contribution in [-0.2, 0) is 23.8 Å². The lowest BCUT2D eigenvalue weighted by Crippen LogP contribution is -2.17.